The summed E-state index contributed by atoms with van der Waals surface area (Å²) in [4.78, 5) is 10.6. The summed E-state index contributed by atoms with van der Waals surface area (Å²) >= 11 is 2.16. The third kappa shape index (κ3) is 3.45. The van der Waals surface area contributed by atoms with Crippen molar-refractivity contribution in [3.63, 3.8) is 0 Å². The summed E-state index contributed by atoms with van der Waals surface area (Å²) in [6.07, 6.45) is -0.763. The predicted molar refractivity (Wildman–Crippen MR) is 83.0 cm³/mol. The second-order valence-corrected chi connectivity index (χ2v) is 5.46. The van der Waals surface area contributed by atoms with Crippen LogP contribution in [0, 0.1) is 13.7 Å². The number of nitrogens with zero attached hydrogens (tertiary/aromatic N) is 1. The highest BCUT2D eigenvalue weighted by Crippen LogP contribution is 2.33. The molecule has 2 rings (SSSR count). The minimum atomic E-state index is -0.763. The monoisotopic (exact) mass is 385 g/mol. The van der Waals surface area contributed by atoms with Crippen LogP contribution in [0.25, 0.3) is 0 Å². The number of nitro groups is 1. The van der Waals surface area contributed by atoms with E-state index in [1.807, 2.05) is 12.1 Å². The van der Waals surface area contributed by atoms with Crippen LogP contribution in [0.2, 0.25) is 0 Å². The molecule has 1 atom stereocenters. The van der Waals surface area contributed by atoms with Crippen molar-refractivity contribution in [2.75, 3.05) is 0 Å². The van der Waals surface area contributed by atoms with Crippen LogP contribution in [0.3, 0.4) is 0 Å². The molecule has 0 saturated heterocycles. The molecule has 2 aromatic rings. The predicted octanol–water partition coefficient (Wildman–Crippen LogP) is 4.05. The van der Waals surface area contributed by atoms with Gasteiger partial charge in [0.05, 0.1) is 11.0 Å². The van der Waals surface area contributed by atoms with Gasteiger partial charge in [0.1, 0.15) is 5.75 Å². The van der Waals surface area contributed by atoms with Crippen LogP contribution in [0.4, 0.5) is 5.69 Å². The fraction of sp³-hybridized carbons (Fsp3) is 0.143. The summed E-state index contributed by atoms with van der Waals surface area (Å²) in [7, 11) is 0. The maximum absolute atomic E-state index is 11.1. The van der Waals surface area contributed by atoms with Crippen LogP contribution in [-0.4, -0.2) is 10.0 Å². The number of rotatable bonds is 4. The highest BCUT2D eigenvalue weighted by Gasteiger charge is 2.18. The molecule has 20 heavy (non-hydrogen) atoms. The van der Waals surface area contributed by atoms with Gasteiger partial charge in [-0.05, 0) is 65.4 Å². The van der Waals surface area contributed by atoms with E-state index in [2.05, 4.69) is 22.6 Å². The van der Waals surface area contributed by atoms with Crippen molar-refractivity contribution in [2.45, 2.75) is 13.0 Å². The maximum atomic E-state index is 11.1. The molecule has 0 aromatic heterocycles. The molecule has 1 N–H and O–H groups in total. The lowest BCUT2D eigenvalue weighted by Gasteiger charge is -2.09. The fourth-order valence-electron chi connectivity index (χ4n) is 1.65. The zero-order valence-corrected chi connectivity index (χ0v) is 12.8. The van der Waals surface area contributed by atoms with Crippen LogP contribution in [0.15, 0.2) is 42.5 Å². The van der Waals surface area contributed by atoms with Gasteiger partial charge in [-0.1, -0.05) is 6.07 Å². The normalized spacial score (nSPS) is 11.9. The molecule has 0 aliphatic rings. The lowest BCUT2D eigenvalue weighted by Crippen LogP contribution is -1.97. The average Bonchev–Trinajstić information content (AvgIpc) is 2.41. The van der Waals surface area contributed by atoms with Crippen molar-refractivity contribution >= 4 is 28.3 Å². The van der Waals surface area contributed by atoms with Gasteiger partial charge in [0.15, 0.2) is 0 Å². The van der Waals surface area contributed by atoms with Crippen molar-refractivity contribution in [3.05, 3.63) is 61.7 Å². The van der Waals surface area contributed by atoms with Gasteiger partial charge in [0, 0.05) is 9.64 Å². The summed E-state index contributed by atoms with van der Waals surface area (Å²) in [5.41, 5.74) is 0.314. The van der Waals surface area contributed by atoms with Gasteiger partial charge < -0.3 is 9.84 Å². The SMILES string of the molecule is C[C@@H](O)c1ccc(Oc2ccc(I)cc2)c([N+](=O)[O-])c1. The summed E-state index contributed by atoms with van der Waals surface area (Å²) in [5, 5.41) is 20.6. The molecule has 0 saturated carbocycles. The zero-order valence-electron chi connectivity index (χ0n) is 10.6. The first kappa shape index (κ1) is 14.7. The highest BCUT2D eigenvalue weighted by molar-refractivity contribution is 14.1. The van der Waals surface area contributed by atoms with E-state index in [4.69, 9.17) is 4.74 Å². The third-order valence-corrected chi connectivity index (χ3v) is 3.42. The Balaban J connectivity index is 2.35. The van der Waals surface area contributed by atoms with Crippen LogP contribution >= 0.6 is 22.6 Å². The Morgan fingerprint density at radius 1 is 1.25 bits per heavy atom. The Morgan fingerprint density at radius 2 is 1.90 bits per heavy atom. The Kier molecular flexibility index (Phi) is 4.56. The minimum Gasteiger partial charge on any atom is -0.450 e. The van der Waals surface area contributed by atoms with Crippen molar-refractivity contribution in [1.82, 2.24) is 0 Å². The number of ether oxygens (including phenoxy) is 1. The highest BCUT2D eigenvalue weighted by atomic mass is 127. The van der Waals surface area contributed by atoms with E-state index in [0.29, 0.717) is 11.3 Å². The molecule has 0 aliphatic heterocycles. The topological polar surface area (TPSA) is 72.6 Å². The van der Waals surface area contributed by atoms with Crippen LogP contribution < -0.4 is 4.74 Å². The first-order chi connectivity index (χ1) is 9.47. The van der Waals surface area contributed by atoms with Crippen LogP contribution in [0.1, 0.15) is 18.6 Å². The van der Waals surface area contributed by atoms with Crippen LogP contribution in [0.5, 0.6) is 11.5 Å². The van der Waals surface area contributed by atoms with E-state index in [1.165, 1.54) is 12.1 Å². The lowest BCUT2D eigenvalue weighted by molar-refractivity contribution is -0.385. The molecule has 6 heteroatoms. The van der Waals surface area contributed by atoms with Gasteiger partial charge in [0.2, 0.25) is 5.75 Å². The summed E-state index contributed by atoms with van der Waals surface area (Å²) in [5.74, 6) is 0.680. The van der Waals surface area contributed by atoms with Gasteiger partial charge in [0.25, 0.3) is 0 Å². The molecular weight excluding hydrogens is 373 g/mol. The molecule has 0 amide bonds. The molecule has 0 aliphatic carbocycles. The molecule has 0 unspecified atom stereocenters. The largest absolute Gasteiger partial charge is 0.450 e. The second kappa shape index (κ2) is 6.19. The van der Waals surface area contributed by atoms with Gasteiger partial charge in [-0.25, -0.2) is 0 Å². The summed E-state index contributed by atoms with van der Waals surface area (Å²) < 4.78 is 6.58. The molecule has 0 heterocycles. The van der Waals surface area contributed by atoms with Gasteiger partial charge in [-0.3, -0.25) is 10.1 Å². The molecule has 0 bridgehead atoms. The van der Waals surface area contributed by atoms with E-state index in [9.17, 15) is 15.2 Å². The lowest BCUT2D eigenvalue weighted by atomic mass is 10.1. The molecule has 104 valence electrons. The standard InChI is InChI=1S/C14H12INO4/c1-9(17)10-2-7-14(13(8-10)16(18)19)20-12-5-3-11(15)4-6-12/h2-9,17H,1H3/t9-/m1/s1. The van der Waals surface area contributed by atoms with Gasteiger partial charge >= 0.3 is 5.69 Å². The Morgan fingerprint density at radius 3 is 2.45 bits per heavy atom. The molecule has 0 fully saturated rings. The number of halogens is 1. The van der Waals surface area contributed by atoms with Crippen molar-refractivity contribution in [3.8, 4) is 11.5 Å². The molecule has 0 radical (unpaired) electrons. The number of benzene rings is 2. The van der Waals surface area contributed by atoms with E-state index in [-0.39, 0.29) is 11.4 Å². The number of aliphatic hydroxyl groups is 1. The Labute approximate surface area is 129 Å². The first-order valence-electron chi connectivity index (χ1n) is 5.87. The van der Waals surface area contributed by atoms with Crippen molar-refractivity contribution in [2.24, 2.45) is 0 Å². The number of hydrogen-bond donors (Lipinski definition) is 1. The number of hydrogen-bond acceptors (Lipinski definition) is 4. The molecule has 5 nitrogen and oxygen atoms in total. The van der Waals surface area contributed by atoms with E-state index in [0.717, 1.165) is 3.57 Å². The second-order valence-electron chi connectivity index (χ2n) is 4.22. The van der Waals surface area contributed by atoms with Crippen molar-refractivity contribution in [1.29, 1.82) is 0 Å². The Hall–Kier alpha value is -1.67. The summed E-state index contributed by atoms with van der Waals surface area (Å²) in [6.45, 7) is 1.55. The van der Waals surface area contributed by atoms with E-state index >= 15 is 0 Å². The fourth-order valence-corrected chi connectivity index (χ4v) is 2.01. The smallest absolute Gasteiger partial charge is 0.311 e. The maximum Gasteiger partial charge on any atom is 0.311 e. The zero-order chi connectivity index (χ0) is 14.7. The van der Waals surface area contributed by atoms with E-state index < -0.39 is 11.0 Å². The molecule has 2 aromatic carbocycles. The average molecular weight is 385 g/mol. The first-order valence-corrected chi connectivity index (χ1v) is 6.95. The third-order valence-electron chi connectivity index (χ3n) is 2.70. The Bertz CT molecular complexity index is 626. The van der Waals surface area contributed by atoms with Crippen molar-refractivity contribution < 1.29 is 14.8 Å². The summed E-state index contributed by atoms with van der Waals surface area (Å²) in [6, 6.07) is 11.6. The van der Waals surface area contributed by atoms with E-state index in [1.54, 1.807) is 25.1 Å². The molecule has 0 spiro atoms. The number of nitro benzene ring substituents is 1. The van der Waals surface area contributed by atoms with Gasteiger partial charge in [-0.15, -0.1) is 0 Å². The molecular formula is C14H12INO4. The van der Waals surface area contributed by atoms with Gasteiger partial charge in [-0.2, -0.15) is 0 Å². The minimum absolute atomic E-state index is 0.153. The number of aliphatic hydroxyl groups excluding tert-OH is 1. The van der Waals surface area contributed by atoms with Crippen LogP contribution in [-0.2, 0) is 0 Å². The quantitative estimate of drug-likeness (QED) is 0.490.